The quantitative estimate of drug-likeness (QED) is 0.380. The molecule has 0 saturated heterocycles. The molecule has 1 heterocycles. The molecule has 0 aliphatic carbocycles. The van der Waals surface area contributed by atoms with Gasteiger partial charge in [-0.2, -0.15) is 0 Å². The van der Waals surface area contributed by atoms with E-state index in [0.717, 1.165) is 11.3 Å². The Morgan fingerprint density at radius 1 is 0.943 bits per heavy atom. The number of benzene rings is 2. The zero-order valence-corrected chi connectivity index (χ0v) is 20.8. The number of nitrogens with two attached hydrogens (primary N) is 1. The van der Waals surface area contributed by atoms with Crippen molar-refractivity contribution in [2.75, 3.05) is 31.5 Å². The Kier molecular flexibility index (Phi) is 10.0. The predicted octanol–water partition coefficient (Wildman–Crippen LogP) is 3.77. The third-order valence-corrected chi connectivity index (χ3v) is 6.57. The number of nitrogens with one attached hydrogen (secondary N) is 1. The van der Waals surface area contributed by atoms with Gasteiger partial charge < -0.3 is 16.0 Å². The van der Waals surface area contributed by atoms with Gasteiger partial charge in [0, 0.05) is 35.6 Å². The highest BCUT2D eigenvalue weighted by Gasteiger charge is 2.18. The fraction of sp³-hybridized carbons (Fsp3) is 0.296. The van der Waals surface area contributed by atoms with Crippen LogP contribution in [0.4, 0.5) is 5.69 Å². The molecule has 0 atom stereocenters. The second-order valence-electron chi connectivity index (χ2n) is 8.24. The highest BCUT2D eigenvalue weighted by Crippen LogP contribution is 2.14. The molecule has 0 aliphatic rings. The summed E-state index contributed by atoms with van der Waals surface area (Å²) >= 11 is 1.65. The summed E-state index contributed by atoms with van der Waals surface area (Å²) in [5, 5.41) is 4.84. The van der Waals surface area contributed by atoms with Crippen LogP contribution in [0, 0.1) is 0 Å². The van der Waals surface area contributed by atoms with Gasteiger partial charge in [-0.05, 0) is 54.2 Å². The molecular formula is C27H32N4O3S. The third-order valence-electron chi connectivity index (χ3n) is 5.71. The molecule has 184 valence electrons. The van der Waals surface area contributed by atoms with E-state index in [9.17, 15) is 14.4 Å². The summed E-state index contributed by atoms with van der Waals surface area (Å²) in [6.07, 6.45) is 1.05. The predicted molar refractivity (Wildman–Crippen MR) is 140 cm³/mol. The molecule has 0 saturated carbocycles. The molecule has 0 unspecified atom stereocenters. The van der Waals surface area contributed by atoms with Crippen LogP contribution in [0.3, 0.4) is 0 Å². The largest absolute Gasteiger partial charge is 0.366 e. The number of carbonyl (C=O) groups excluding carboxylic acids is 3. The van der Waals surface area contributed by atoms with Crippen LogP contribution in [0.15, 0.2) is 72.1 Å². The molecule has 0 fully saturated rings. The Hall–Kier alpha value is -3.49. The van der Waals surface area contributed by atoms with E-state index in [0.29, 0.717) is 37.4 Å². The topological polar surface area (TPSA) is 95.7 Å². The van der Waals surface area contributed by atoms with E-state index in [1.807, 2.05) is 52.4 Å². The smallest absolute Gasteiger partial charge is 0.248 e. The molecular weight excluding hydrogens is 460 g/mol. The number of thiophene rings is 1. The van der Waals surface area contributed by atoms with Gasteiger partial charge in [-0.1, -0.05) is 43.3 Å². The van der Waals surface area contributed by atoms with Crippen LogP contribution in [0.25, 0.3) is 0 Å². The second-order valence-corrected chi connectivity index (χ2v) is 9.27. The Morgan fingerprint density at radius 2 is 1.69 bits per heavy atom. The molecule has 35 heavy (non-hydrogen) atoms. The zero-order valence-electron chi connectivity index (χ0n) is 20.0. The van der Waals surface area contributed by atoms with Gasteiger partial charge in [0.05, 0.1) is 13.1 Å². The van der Waals surface area contributed by atoms with Crippen LogP contribution < -0.4 is 11.1 Å². The Bertz CT molecular complexity index is 1090. The maximum Gasteiger partial charge on any atom is 0.248 e. The van der Waals surface area contributed by atoms with Crippen molar-refractivity contribution in [1.29, 1.82) is 0 Å². The first-order valence-corrected chi connectivity index (χ1v) is 12.6. The molecule has 1 aromatic heterocycles. The van der Waals surface area contributed by atoms with Gasteiger partial charge in [-0.25, -0.2) is 0 Å². The summed E-state index contributed by atoms with van der Waals surface area (Å²) in [6, 6.07) is 20.7. The van der Waals surface area contributed by atoms with E-state index in [1.165, 1.54) is 5.56 Å². The Balaban J connectivity index is 1.53. The van der Waals surface area contributed by atoms with Crippen LogP contribution in [-0.2, 0) is 22.6 Å². The normalized spacial score (nSPS) is 10.8. The second kappa shape index (κ2) is 13.4. The van der Waals surface area contributed by atoms with E-state index in [-0.39, 0.29) is 24.8 Å². The fourth-order valence-electron chi connectivity index (χ4n) is 3.63. The lowest BCUT2D eigenvalue weighted by Gasteiger charge is -2.26. The van der Waals surface area contributed by atoms with Crippen LogP contribution in [-0.4, -0.2) is 53.7 Å². The van der Waals surface area contributed by atoms with E-state index in [2.05, 4.69) is 17.4 Å². The zero-order chi connectivity index (χ0) is 25.0. The van der Waals surface area contributed by atoms with Gasteiger partial charge in [0.1, 0.15) is 0 Å². The summed E-state index contributed by atoms with van der Waals surface area (Å²) in [6.45, 7) is 4.61. The highest BCUT2D eigenvalue weighted by molar-refractivity contribution is 7.09. The minimum Gasteiger partial charge on any atom is -0.366 e. The fourth-order valence-corrected chi connectivity index (χ4v) is 4.35. The molecule has 3 N–H and O–H groups in total. The molecule has 7 nitrogen and oxygen atoms in total. The lowest BCUT2D eigenvalue weighted by Crippen LogP contribution is -2.41. The van der Waals surface area contributed by atoms with Crippen molar-refractivity contribution < 1.29 is 14.4 Å². The van der Waals surface area contributed by atoms with Crippen LogP contribution in [0.1, 0.15) is 34.1 Å². The number of primary amides is 1. The molecule has 0 radical (unpaired) electrons. The monoisotopic (exact) mass is 492 g/mol. The number of hydrogen-bond acceptors (Lipinski definition) is 5. The highest BCUT2D eigenvalue weighted by atomic mass is 32.1. The van der Waals surface area contributed by atoms with Crippen LogP contribution >= 0.6 is 11.3 Å². The lowest BCUT2D eigenvalue weighted by atomic mass is 10.1. The van der Waals surface area contributed by atoms with Gasteiger partial charge in [0.2, 0.25) is 17.7 Å². The van der Waals surface area contributed by atoms with E-state index in [4.69, 9.17) is 5.73 Å². The molecule has 0 spiro atoms. The number of hydrogen-bond donors (Lipinski definition) is 2. The van der Waals surface area contributed by atoms with Crippen molar-refractivity contribution in [3.05, 3.63) is 88.1 Å². The van der Waals surface area contributed by atoms with Crippen molar-refractivity contribution in [3.8, 4) is 0 Å². The number of rotatable bonds is 13. The molecule has 2 aromatic carbocycles. The molecule has 0 bridgehead atoms. The maximum atomic E-state index is 13.2. The Morgan fingerprint density at radius 3 is 2.31 bits per heavy atom. The molecule has 3 amide bonds. The van der Waals surface area contributed by atoms with Crippen molar-refractivity contribution in [2.24, 2.45) is 5.73 Å². The number of likely N-dealkylation sites (N-methyl/N-ethyl adjacent to an activating group) is 1. The van der Waals surface area contributed by atoms with Crippen molar-refractivity contribution in [3.63, 3.8) is 0 Å². The van der Waals surface area contributed by atoms with Gasteiger partial charge in [0.15, 0.2) is 0 Å². The summed E-state index contributed by atoms with van der Waals surface area (Å²) in [7, 11) is 0. The number of amides is 3. The van der Waals surface area contributed by atoms with Gasteiger partial charge in [-0.3, -0.25) is 19.3 Å². The average Bonchev–Trinajstić information content (AvgIpc) is 3.38. The van der Waals surface area contributed by atoms with E-state index >= 15 is 0 Å². The summed E-state index contributed by atoms with van der Waals surface area (Å²) in [4.78, 5) is 41.9. The maximum absolute atomic E-state index is 13.2. The number of anilines is 1. The van der Waals surface area contributed by atoms with Crippen LogP contribution in [0.5, 0.6) is 0 Å². The minimum atomic E-state index is -0.511. The SMILES string of the molecule is CCN(CCC(=O)Nc1ccc(C(N)=O)cc1)CC(=O)N(CCc1ccccc1)Cc1cccs1. The Labute approximate surface area is 210 Å². The van der Waals surface area contributed by atoms with E-state index < -0.39 is 5.91 Å². The molecule has 3 rings (SSSR count). The van der Waals surface area contributed by atoms with E-state index in [1.54, 1.807) is 35.6 Å². The molecule has 3 aromatic rings. The minimum absolute atomic E-state index is 0.0543. The number of nitrogens with zero attached hydrogens (tertiary/aromatic N) is 2. The van der Waals surface area contributed by atoms with Crippen molar-refractivity contribution in [1.82, 2.24) is 9.80 Å². The average molecular weight is 493 g/mol. The molecule has 0 aliphatic heterocycles. The van der Waals surface area contributed by atoms with Crippen molar-refractivity contribution in [2.45, 2.75) is 26.3 Å². The number of carbonyl (C=O) groups is 3. The lowest BCUT2D eigenvalue weighted by molar-refractivity contribution is -0.133. The first kappa shape index (κ1) is 26.1. The molecule has 8 heteroatoms. The summed E-state index contributed by atoms with van der Waals surface area (Å²) in [5.41, 5.74) is 7.43. The van der Waals surface area contributed by atoms with Crippen molar-refractivity contribution >= 4 is 34.7 Å². The summed E-state index contributed by atoms with van der Waals surface area (Å²) in [5.74, 6) is -0.608. The summed E-state index contributed by atoms with van der Waals surface area (Å²) < 4.78 is 0. The van der Waals surface area contributed by atoms with Crippen LogP contribution in [0.2, 0.25) is 0 Å². The first-order valence-electron chi connectivity index (χ1n) is 11.7. The van der Waals surface area contributed by atoms with Gasteiger partial charge >= 0.3 is 0 Å². The third kappa shape index (κ3) is 8.66. The first-order chi connectivity index (χ1) is 16.9. The van der Waals surface area contributed by atoms with Gasteiger partial charge in [0.25, 0.3) is 0 Å². The standard InChI is InChI=1S/C27H32N4O3S/c1-2-30(16-15-25(32)29-23-12-10-22(11-13-23)27(28)34)20-26(33)31(19-24-9-6-18-35-24)17-14-21-7-4-3-5-8-21/h3-13,18H,2,14-17,19-20H2,1H3,(H2,28,34)(H,29,32). The van der Waals surface area contributed by atoms with Gasteiger partial charge in [-0.15, -0.1) is 11.3 Å².